The number of likely N-dealkylation sites (N-methyl/N-ethyl adjacent to an activating group) is 1. The van der Waals surface area contributed by atoms with Crippen molar-refractivity contribution in [1.29, 1.82) is 0 Å². The second kappa shape index (κ2) is 13.2. The Balaban J connectivity index is 2.01. The first-order chi connectivity index (χ1) is 18.1. The van der Waals surface area contributed by atoms with Gasteiger partial charge in [-0.25, -0.2) is 8.42 Å². The minimum absolute atomic E-state index is 0.167. The Hall–Kier alpha value is -3.65. The first-order valence-electron chi connectivity index (χ1n) is 12.9. The number of carbonyl (C=O) groups is 2. The predicted octanol–water partition coefficient (Wildman–Crippen LogP) is 4.10. The zero-order valence-electron chi connectivity index (χ0n) is 22.6. The Labute approximate surface area is 226 Å². The van der Waals surface area contributed by atoms with Gasteiger partial charge in [0.2, 0.25) is 21.8 Å². The summed E-state index contributed by atoms with van der Waals surface area (Å²) >= 11 is 0. The van der Waals surface area contributed by atoms with E-state index in [2.05, 4.69) is 5.32 Å². The number of amides is 2. The smallest absolute Gasteiger partial charge is 0.244 e. The maximum Gasteiger partial charge on any atom is 0.244 e. The van der Waals surface area contributed by atoms with E-state index in [1.165, 1.54) is 4.90 Å². The molecule has 0 aliphatic heterocycles. The predicted molar refractivity (Wildman–Crippen MR) is 152 cm³/mol. The van der Waals surface area contributed by atoms with E-state index in [0.717, 1.165) is 39.2 Å². The molecule has 1 N–H and O–H groups in total. The van der Waals surface area contributed by atoms with Crippen LogP contribution in [0.25, 0.3) is 0 Å². The first-order valence-corrected chi connectivity index (χ1v) is 14.7. The lowest BCUT2D eigenvalue weighted by Gasteiger charge is -2.33. The van der Waals surface area contributed by atoms with E-state index >= 15 is 0 Å². The van der Waals surface area contributed by atoms with Gasteiger partial charge in [-0.2, -0.15) is 0 Å². The van der Waals surface area contributed by atoms with Gasteiger partial charge in [-0.15, -0.1) is 0 Å². The normalized spacial score (nSPS) is 12.0. The Bertz CT molecular complexity index is 1310. The SMILES string of the molecule is CCNC(=O)[C@H](Cc1ccccc1)N(Cc1ccc(C)cc1)C(=O)CN(c1ccc(CC)cc1)S(C)(=O)=O. The van der Waals surface area contributed by atoms with Crippen LogP contribution in [-0.4, -0.2) is 50.5 Å². The molecule has 1 atom stereocenters. The number of benzene rings is 3. The number of anilines is 1. The molecule has 0 aliphatic rings. The number of rotatable bonds is 12. The number of aryl methyl sites for hydroxylation is 2. The van der Waals surface area contributed by atoms with Crippen LogP contribution in [-0.2, 0) is 39.0 Å². The van der Waals surface area contributed by atoms with Gasteiger partial charge >= 0.3 is 0 Å². The van der Waals surface area contributed by atoms with Crippen LogP contribution in [0.3, 0.4) is 0 Å². The van der Waals surface area contributed by atoms with Gasteiger partial charge in [0.05, 0.1) is 11.9 Å². The molecule has 0 aromatic heterocycles. The molecule has 0 spiro atoms. The maximum absolute atomic E-state index is 13.9. The summed E-state index contributed by atoms with van der Waals surface area (Å²) in [5.41, 5.74) is 4.31. The molecule has 202 valence electrons. The van der Waals surface area contributed by atoms with Gasteiger partial charge < -0.3 is 10.2 Å². The molecule has 0 aliphatic carbocycles. The molecule has 0 radical (unpaired) electrons. The van der Waals surface area contributed by atoms with Crippen molar-refractivity contribution in [3.63, 3.8) is 0 Å². The third-order valence-corrected chi connectivity index (χ3v) is 7.55. The fourth-order valence-electron chi connectivity index (χ4n) is 4.25. The highest BCUT2D eigenvalue weighted by Crippen LogP contribution is 2.21. The number of hydrogen-bond donors (Lipinski definition) is 1. The number of carbonyl (C=O) groups excluding carboxylic acids is 2. The van der Waals surface area contributed by atoms with Gasteiger partial charge in [-0.3, -0.25) is 13.9 Å². The Morgan fingerprint density at radius 2 is 1.45 bits per heavy atom. The van der Waals surface area contributed by atoms with Crippen LogP contribution >= 0.6 is 0 Å². The Morgan fingerprint density at radius 1 is 0.842 bits per heavy atom. The second-order valence-corrected chi connectivity index (χ2v) is 11.3. The molecule has 0 saturated carbocycles. The number of hydrogen-bond acceptors (Lipinski definition) is 4. The van der Waals surface area contributed by atoms with Crippen LogP contribution in [0, 0.1) is 6.92 Å². The highest BCUT2D eigenvalue weighted by atomic mass is 32.2. The standard InChI is InChI=1S/C30H37N3O4S/c1-5-24-16-18-27(19-17-24)33(38(4,36)37)22-29(34)32(21-26-14-12-23(3)13-15-26)28(30(35)31-6-2)20-25-10-8-7-9-11-25/h7-19,28H,5-6,20-22H2,1-4H3,(H,31,35)/t28-/m0/s1. The molecule has 38 heavy (non-hydrogen) atoms. The molecule has 7 nitrogen and oxygen atoms in total. The molecule has 0 heterocycles. The zero-order valence-corrected chi connectivity index (χ0v) is 23.4. The minimum atomic E-state index is -3.77. The molecule has 3 rings (SSSR count). The van der Waals surface area contributed by atoms with E-state index in [1.54, 1.807) is 12.1 Å². The first kappa shape index (κ1) is 28.9. The molecule has 8 heteroatoms. The molecule has 3 aromatic carbocycles. The third-order valence-electron chi connectivity index (χ3n) is 6.41. The van der Waals surface area contributed by atoms with Gasteiger partial charge in [0.1, 0.15) is 12.6 Å². The molecular weight excluding hydrogens is 498 g/mol. The van der Waals surface area contributed by atoms with Crippen molar-refractivity contribution in [1.82, 2.24) is 10.2 Å². The average Bonchev–Trinajstić information content (AvgIpc) is 2.90. The van der Waals surface area contributed by atoms with Crippen molar-refractivity contribution in [3.05, 3.63) is 101 Å². The molecule has 0 bridgehead atoms. The van der Waals surface area contributed by atoms with Gasteiger partial charge in [-0.1, -0.05) is 79.2 Å². The quantitative estimate of drug-likeness (QED) is 0.378. The summed E-state index contributed by atoms with van der Waals surface area (Å²) in [7, 11) is -3.77. The Kier molecular flexibility index (Phi) is 10.1. The maximum atomic E-state index is 13.9. The highest BCUT2D eigenvalue weighted by Gasteiger charge is 2.32. The molecular formula is C30H37N3O4S. The van der Waals surface area contributed by atoms with Crippen LogP contribution in [0.2, 0.25) is 0 Å². The molecule has 2 amide bonds. The van der Waals surface area contributed by atoms with E-state index in [-0.39, 0.29) is 12.5 Å². The third kappa shape index (κ3) is 7.92. The molecule has 0 unspecified atom stereocenters. The minimum Gasteiger partial charge on any atom is -0.355 e. The van der Waals surface area contributed by atoms with Crippen molar-refractivity contribution in [3.8, 4) is 0 Å². The fourth-order valence-corrected chi connectivity index (χ4v) is 5.10. The summed E-state index contributed by atoms with van der Waals surface area (Å²) in [5, 5.41) is 2.86. The highest BCUT2D eigenvalue weighted by molar-refractivity contribution is 7.92. The van der Waals surface area contributed by atoms with Crippen molar-refractivity contribution in [2.24, 2.45) is 0 Å². The fraction of sp³-hybridized carbons (Fsp3) is 0.333. The molecule has 0 saturated heterocycles. The van der Waals surface area contributed by atoms with Crippen molar-refractivity contribution < 1.29 is 18.0 Å². The van der Waals surface area contributed by atoms with E-state index in [1.807, 2.05) is 87.5 Å². The summed E-state index contributed by atoms with van der Waals surface area (Å²) in [5.74, 6) is -0.738. The zero-order chi connectivity index (χ0) is 27.7. The summed E-state index contributed by atoms with van der Waals surface area (Å²) in [4.78, 5) is 28.8. The van der Waals surface area contributed by atoms with Crippen molar-refractivity contribution >= 4 is 27.5 Å². The lowest BCUT2D eigenvalue weighted by Crippen LogP contribution is -2.53. The van der Waals surface area contributed by atoms with Crippen LogP contribution in [0.1, 0.15) is 36.1 Å². The van der Waals surface area contributed by atoms with Gasteiger partial charge in [0, 0.05) is 19.5 Å². The topological polar surface area (TPSA) is 86.8 Å². The molecule has 3 aromatic rings. The van der Waals surface area contributed by atoms with Gasteiger partial charge in [0.25, 0.3) is 0 Å². The summed E-state index contributed by atoms with van der Waals surface area (Å²) in [6.45, 7) is 5.99. The van der Waals surface area contributed by atoms with Crippen molar-refractivity contribution in [2.75, 3.05) is 23.7 Å². The van der Waals surface area contributed by atoms with Crippen LogP contribution in [0.5, 0.6) is 0 Å². The van der Waals surface area contributed by atoms with E-state index in [4.69, 9.17) is 0 Å². The second-order valence-electron chi connectivity index (χ2n) is 9.40. The monoisotopic (exact) mass is 535 g/mol. The molecule has 0 fully saturated rings. The number of sulfonamides is 1. The van der Waals surface area contributed by atoms with Crippen LogP contribution < -0.4 is 9.62 Å². The van der Waals surface area contributed by atoms with E-state index in [0.29, 0.717) is 18.7 Å². The lowest BCUT2D eigenvalue weighted by molar-refractivity contribution is -0.140. The number of nitrogens with one attached hydrogen (secondary N) is 1. The Morgan fingerprint density at radius 3 is 2.00 bits per heavy atom. The summed E-state index contributed by atoms with van der Waals surface area (Å²) in [6, 6.07) is 23.6. The number of nitrogens with zero attached hydrogens (tertiary/aromatic N) is 2. The van der Waals surface area contributed by atoms with Gasteiger partial charge in [0.15, 0.2) is 0 Å². The van der Waals surface area contributed by atoms with Gasteiger partial charge in [-0.05, 0) is 49.1 Å². The lowest BCUT2D eigenvalue weighted by atomic mass is 10.0. The average molecular weight is 536 g/mol. The summed E-state index contributed by atoms with van der Waals surface area (Å²) < 4.78 is 26.7. The summed E-state index contributed by atoms with van der Waals surface area (Å²) in [6.07, 6.45) is 2.20. The van der Waals surface area contributed by atoms with Crippen LogP contribution in [0.4, 0.5) is 5.69 Å². The largest absolute Gasteiger partial charge is 0.355 e. The van der Waals surface area contributed by atoms with E-state index < -0.39 is 28.5 Å². The van der Waals surface area contributed by atoms with Crippen molar-refractivity contribution in [2.45, 2.75) is 46.2 Å². The van der Waals surface area contributed by atoms with Crippen LogP contribution in [0.15, 0.2) is 78.9 Å². The van der Waals surface area contributed by atoms with E-state index in [9.17, 15) is 18.0 Å².